The fourth-order valence-corrected chi connectivity index (χ4v) is 5.23. The van der Waals surface area contributed by atoms with E-state index in [4.69, 9.17) is 16.3 Å². The molecule has 1 N–H and O–H groups in total. The number of amides is 1. The minimum Gasteiger partial charge on any atom is -0.483 e. The van der Waals surface area contributed by atoms with Crippen molar-refractivity contribution in [1.82, 2.24) is 19.7 Å². The summed E-state index contributed by atoms with van der Waals surface area (Å²) in [5.74, 6) is 2.02. The van der Waals surface area contributed by atoms with E-state index in [0.29, 0.717) is 27.8 Å². The molecule has 0 aliphatic carbocycles. The van der Waals surface area contributed by atoms with Crippen LogP contribution in [0, 0.1) is 0 Å². The SMILES string of the molecule is CCn1c(SCC(=O)Nc2nc(-c3ccc(Cl)cc3)cs2)nnc1C(C)Oc1ccc(C(C)C)cc1. The van der Waals surface area contributed by atoms with Gasteiger partial charge in [0.05, 0.1) is 11.4 Å². The summed E-state index contributed by atoms with van der Waals surface area (Å²) in [7, 11) is 0. The first-order valence-corrected chi connectivity index (χ1v) is 13.9. The van der Waals surface area contributed by atoms with Gasteiger partial charge in [-0.05, 0) is 49.6 Å². The molecule has 0 saturated heterocycles. The van der Waals surface area contributed by atoms with Crippen LogP contribution in [0.1, 0.15) is 51.1 Å². The molecule has 7 nitrogen and oxygen atoms in total. The molecule has 0 saturated carbocycles. The Balaban J connectivity index is 1.34. The van der Waals surface area contributed by atoms with Gasteiger partial charge >= 0.3 is 0 Å². The lowest BCUT2D eigenvalue weighted by molar-refractivity contribution is -0.113. The van der Waals surface area contributed by atoms with Crippen molar-refractivity contribution >= 4 is 45.7 Å². The van der Waals surface area contributed by atoms with Crippen molar-refractivity contribution in [3.8, 4) is 17.0 Å². The molecule has 0 spiro atoms. The summed E-state index contributed by atoms with van der Waals surface area (Å²) in [6.45, 7) is 8.97. The van der Waals surface area contributed by atoms with Crippen LogP contribution in [0.15, 0.2) is 59.1 Å². The molecule has 188 valence electrons. The number of thioether (sulfide) groups is 1. The minimum atomic E-state index is -0.285. The number of thiazole rings is 1. The third-order valence-electron chi connectivity index (χ3n) is 5.51. The largest absolute Gasteiger partial charge is 0.483 e. The maximum Gasteiger partial charge on any atom is 0.236 e. The number of aromatic nitrogens is 4. The first-order valence-electron chi connectivity index (χ1n) is 11.7. The van der Waals surface area contributed by atoms with Gasteiger partial charge in [-0.2, -0.15) is 0 Å². The monoisotopic (exact) mass is 541 g/mol. The summed E-state index contributed by atoms with van der Waals surface area (Å²) in [4.78, 5) is 17.1. The van der Waals surface area contributed by atoms with Crippen LogP contribution in [-0.4, -0.2) is 31.4 Å². The summed E-state index contributed by atoms with van der Waals surface area (Å²) in [5.41, 5.74) is 3.01. The van der Waals surface area contributed by atoms with E-state index in [9.17, 15) is 4.79 Å². The lowest BCUT2D eigenvalue weighted by Gasteiger charge is -2.16. The molecule has 0 bridgehead atoms. The molecule has 2 aromatic heterocycles. The second kappa shape index (κ2) is 11.9. The number of nitrogens with one attached hydrogen (secondary N) is 1. The second-order valence-corrected chi connectivity index (χ2v) is 10.7. The van der Waals surface area contributed by atoms with Gasteiger partial charge in [0.2, 0.25) is 5.91 Å². The number of rotatable bonds is 10. The van der Waals surface area contributed by atoms with Gasteiger partial charge in [-0.25, -0.2) is 4.98 Å². The zero-order valence-corrected chi connectivity index (χ0v) is 23.0. The average Bonchev–Trinajstić information content (AvgIpc) is 3.50. The van der Waals surface area contributed by atoms with Crippen molar-refractivity contribution in [3.05, 3.63) is 70.3 Å². The molecule has 1 unspecified atom stereocenters. The highest BCUT2D eigenvalue weighted by atomic mass is 35.5. The smallest absolute Gasteiger partial charge is 0.236 e. The van der Waals surface area contributed by atoms with Crippen LogP contribution < -0.4 is 10.1 Å². The van der Waals surface area contributed by atoms with Crippen molar-refractivity contribution in [2.24, 2.45) is 0 Å². The highest BCUT2D eigenvalue weighted by molar-refractivity contribution is 7.99. The Morgan fingerprint density at radius 1 is 1.11 bits per heavy atom. The first-order chi connectivity index (χ1) is 17.3. The summed E-state index contributed by atoms with van der Waals surface area (Å²) >= 11 is 8.67. The van der Waals surface area contributed by atoms with Gasteiger partial charge in [-0.3, -0.25) is 4.79 Å². The van der Waals surface area contributed by atoms with E-state index < -0.39 is 0 Å². The average molecular weight is 542 g/mol. The Kier molecular flexibility index (Phi) is 8.66. The Hall–Kier alpha value is -2.88. The van der Waals surface area contributed by atoms with Gasteiger partial charge in [-0.1, -0.05) is 61.5 Å². The molecule has 4 rings (SSSR count). The number of carbonyl (C=O) groups is 1. The van der Waals surface area contributed by atoms with E-state index in [-0.39, 0.29) is 17.8 Å². The van der Waals surface area contributed by atoms with E-state index in [1.165, 1.54) is 28.7 Å². The van der Waals surface area contributed by atoms with E-state index in [2.05, 4.69) is 46.5 Å². The maximum absolute atomic E-state index is 12.6. The Labute approximate surface area is 224 Å². The van der Waals surface area contributed by atoms with E-state index in [1.54, 1.807) is 0 Å². The Bertz CT molecular complexity index is 1300. The lowest BCUT2D eigenvalue weighted by atomic mass is 10.0. The third-order valence-corrected chi connectivity index (χ3v) is 7.48. The fourth-order valence-electron chi connectivity index (χ4n) is 3.56. The van der Waals surface area contributed by atoms with Crippen LogP contribution in [0.5, 0.6) is 5.75 Å². The summed E-state index contributed by atoms with van der Waals surface area (Å²) in [5, 5.41) is 15.3. The molecule has 2 aromatic carbocycles. The standard InChI is InChI=1S/C26H28ClN5O2S2/c1-5-32-24(17(4)34-21-12-8-18(9-13-21)16(2)3)30-31-26(32)36-15-23(33)29-25-28-22(14-35-25)19-6-10-20(27)11-7-19/h6-14,16-17H,5,15H2,1-4H3,(H,28,29,33). The molecule has 0 radical (unpaired) electrons. The lowest BCUT2D eigenvalue weighted by Crippen LogP contribution is -2.15. The second-order valence-electron chi connectivity index (χ2n) is 8.45. The number of hydrogen-bond donors (Lipinski definition) is 1. The number of carbonyl (C=O) groups excluding carboxylic acids is 1. The van der Waals surface area contributed by atoms with Crippen molar-refractivity contribution in [3.63, 3.8) is 0 Å². The number of nitrogens with zero attached hydrogens (tertiary/aromatic N) is 4. The molecule has 2 heterocycles. The molecule has 0 aliphatic rings. The molecule has 4 aromatic rings. The molecule has 10 heteroatoms. The number of ether oxygens (including phenoxy) is 1. The number of benzene rings is 2. The molecule has 0 fully saturated rings. The number of halogens is 1. The van der Waals surface area contributed by atoms with Crippen LogP contribution in [0.25, 0.3) is 11.3 Å². The maximum atomic E-state index is 12.6. The highest BCUT2D eigenvalue weighted by Crippen LogP contribution is 2.28. The number of hydrogen-bond acceptors (Lipinski definition) is 7. The summed E-state index contributed by atoms with van der Waals surface area (Å²) in [6.07, 6.45) is -0.285. The Morgan fingerprint density at radius 2 is 1.83 bits per heavy atom. The molecular formula is C26H28ClN5O2S2. The molecule has 0 aliphatic heterocycles. The van der Waals surface area contributed by atoms with Crippen LogP contribution in [0.2, 0.25) is 5.02 Å². The van der Waals surface area contributed by atoms with E-state index in [1.807, 2.05) is 60.2 Å². The predicted octanol–water partition coefficient (Wildman–Crippen LogP) is 7.07. The third kappa shape index (κ3) is 6.46. The van der Waals surface area contributed by atoms with Gasteiger partial charge in [0, 0.05) is 22.5 Å². The highest BCUT2D eigenvalue weighted by Gasteiger charge is 2.20. The quantitative estimate of drug-likeness (QED) is 0.216. The predicted molar refractivity (Wildman–Crippen MR) is 147 cm³/mol. The zero-order valence-electron chi connectivity index (χ0n) is 20.6. The van der Waals surface area contributed by atoms with Crippen molar-refractivity contribution < 1.29 is 9.53 Å². The van der Waals surface area contributed by atoms with Crippen LogP contribution in [-0.2, 0) is 11.3 Å². The topological polar surface area (TPSA) is 81.9 Å². The minimum absolute atomic E-state index is 0.154. The van der Waals surface area contributed by atoms with Gasteiger partial charge in [-0.15, -0.1) is 21.5 Å². The van der Waals surface area contributed by atoms with Gasteiger partial charge in [0.25, 0.3) is 0 Å². The molecular weight excluding hydrogens is 514 g/mol. The van der Waals surface area contributed by atoms with Crippen LogP contribution in [0.4, 0.5) is 5.13 Å². The van der Waals surface area contributed by atoms with Crippen LogP contribution in [0.3, 0.4) is 0 Å². The Morgan fingerprint density at radius 3 is 2.50 bits per heavy atom. The molecule has 1 amide bonds. The van der Waals surface area contributed by atoms with Gasteiger partial charge in [0.15, 0.2) is 22.2 Å². The molecule has 1 atom stereocenters. The van der Waals surface area contributed by atoms with Gasteiger partial charge < -0.3 is 14.6 Å². The summed E-state index contributed by atoms with van der Waals surface area (Å²) < 4.78 is 8.09. The zero-order chi connectivity index (χ0) is 25.7. The summed E-state index contributed by atoms with van der Waals surface area (Å²) in [6, 6.07) is 15.6. The van der Waals surface area contributed by atoms with Crippen molar-refractivity contribution in [1.29, 1.82) is 0 Å². The molecule has 36 heavy (non-hydrogen) atoms. The van der Waals surface area contributed by atoms with E-state index in [0.717, 1.165) is 22.8 Å². The van der Waals surface area contributed by atoms with Gasteiger partial charge in [0.1, 0.15) is 5.75 Å². The normalized spacial score (nSPS) is 12.1. The number of anilines is 1. The van der Waals surface area contributed by atoms with Crippen molar-refractivity contribution in [2.75, 3.05) is 11.1 Å². The van der Waals surface area contributed by atoms with Crippen LogP contribution >= 0.6 is 34.7 Å². The van der Waals surface area contributed by atoms with Crippen molar-refractivity contribution in [2.45, 2.75) is 51.4 Å². The fraction of sp³-hybridized carbons (Fsp3) is 0.308. The van der Waals surface area contributed by atoms with E-state index >= 15 is 0 Å². The first kappa shape index (κ1) is 26.2.